The quantitative estimate of drug-likeness (QED) is 0.617. The van der Waals surface area contributed by atoms with Gasteiger partial charge in [-0.15, -0.1) is 0 Å². The highest BCUT2D eigenvalue weighted by atomic mass is 79.9. The standard InChI is InChI=1S/C17H19Br2NS/c1-17(2,3)20-11-12-7-8-16(15(19)9-12)21-14-6-4-5-13(18)10-14/h4-10,20H,11H2,1-3H3. The summed E-state index contributed by atoms with van der Waals surface area (Å²) < 4.78 is 2.25. The van der Waals surface area contributed by atoms with Crippen LogP contribution in [0.5, 0.6) is 0 Å². The van der Waals surface area contributed by atoms with E-state index in [2.05, 4.69) is 94.3 Å². The molecule has 0 aliphatic heterocycles. The van der Waals surface area contributed by atoms with Gasteiger partial charge in [-0.05, 0) is 72.6 Å². The molecule has 0 saturated carbocycles. The van der Waals surface area contributed by atoms with Gasteiger partial charge in [-0.25, -0.2) is 0 Å². The topological polar surface area (TPSA) is 12.0 Å². The van der Waals surface area contributed by atoms with Crippen LogP contribution in [0.2, 0.25) is 0 Å². The largest absolute Gasteiger partial charge is 0.308 e. The van der Waals surface area contributed by atoms with Crippen molar-refractivity contribution in [1.82, 2.24) is 5.32 Å². The highest BCUT2D eigenvalue weighted by molar-refractivity contribution is 9.10. The highest BCUT2D eigenvalue weighted by Crippen LogP contribution is 2.35. The van der Waals surface area contributed by atoms with Crippen molar-refractivity contribution >= 4 is 43.6 Å². The number of hydrogen-bond donors (Lipinski definition) is 1. The monoisotopic (exact) mass is 427 g/mol. The zero-order valence-corrected chi connectivity index (χ0v) is 16.4. The van der Waals surface area contributed by atoms with E-state index in [4.69, 9.17) is 0 Å². The van der Waals surface area contributed by atoms with E-state index < -0.39 is 0 Å². The van der Waals surface area contributed by atoms with Gasteiger partial charge in [0, 0.05) is 30.8 Å². The normalized spacial score (nSPS) is 11.7. The minimum atomic E-state index is 0.135. The van der Waals surface area contributed by atoms with Gasteiger partial charge in [-0.1, -0.05) is 39.8 Å². The molecule has 2 aromatic carbocycles. The van der Waals surface area contributed by atoms with Crippen molar-refractivity contribution in [3.05, 3.63) is 57.0 Å². The molecule has 0 bridgehead atoms. The summed E-state index contributed by atoms with van der Waals surface area (Å²) in [6.07, 6.45) is 0. The van der Waals surface area contributed by atoms with Gasteiger partial charge >= 0.3 is 0 Å². The predicted octanol–water partition coefficient (Wildman–Crippen LogP) is 6.25. The van der Waals surface area contributed by atoms with Gasteiger partial charge in [0.15, 0.2) is 0 Å². The van der Waals surface area contributed by atoms with Gasteiger partial charge in [0.1, 0.15) is 0 Å². The summed E-state index contributed by atoms with van der Waals surface area (Å²) in [6.45, 7) is 7.42. The molecule has 0 fully saturated rings. The van der Waals surface area contributed by atoms with Crippen LogP contribution in [0.25, 0.3) is 0 Å². The second-order valence-electron chi connectivity index (χ2n) is 5.93. The molecule has 0 heterocycles. The van der Waals surface area contributed by atoms with E-state index in [0.29, 0.717) is 0 Å². The summed E-state index contributed by atoms with van der Waals surface area (Å²) in [7, 11) is 0. The van der Waals surface area contributed by atoms with E-state index in [1.54, 1.807) is 11.8 Å². The summed E-state index contributed by atoms with van der Waals surface area (Å²) in [5.41, 5.74) is 1.42. The molecule has 0 unspecified atom stereocenters. The van der Waals surface area contributed by atoms with Crippen LogP contribution in [0.3, 0.4) is 0 Å². The minimum absolute atomic E-state index is 0.135. The molecule has 0 aliphatic rings. The Hall–Kier alpha value is -0.290. The Morgan fingerprint density at radius 2 is 1.81 bits per heavy atom. The smallest absolute Gasteiger partial charge is 0.0318 e. The Kier molecular flexibility index (Phi) is 5.95. The lowest BCUT2D eigenvalue weighted by Gasteiger charge is -2.20. The summed E-state index contributed by atoms with van der Waals surface area (Å²) in [5.74, 6) is 0. The van der Waals surface area contributed by atoms with E-state index in [0.717, 1.165) is 15.5 Å². The third-order valence-electron chi connectivity index (χ3n) is 2.84. The molecule has 0 saturated heterocycles. The average molecular weight is 429 g/mol. The molecule has 0 atom stereocenters. The van der Waals surface area contributed by atoms with Crippen LogP contribution in [0.4, 0.5) is 0 Å². The Labute approximate surface area is 148 Å². The number of hydrogen-bond acceptors (Lipinski definition) is 2. The van der Waals surface area contributed by atoms with Crippen LogP contribution < -0.4 is 5.32 Å². The van der Waals surface area contributed by atoms with Gasteiger partial charge in [-0.2, -0.15) is 0 Å². The molecule has 0 aliphatic carbocycles. The van der Waals surface area contributed by atoms with Crippen LogP contribution in [-0.4, -0.2) is 5.54 Å². The second-order valence-corrected chi connectivity index (χ2v) is 8.81. The first kappa shape index (κ1) is 17.1. The number of rotatable bonds is 4. The fourth-order valence-corrected chi connectivity index (χ4v) is 3.86. The maximum Gasteiger partial charge on any atom is 0.0318 e. The first-order chi connectivity index (χ1) is 9.83. The van der Waals surface area contributed by atoms with Crippen molar-refractivity contribution < 1.29 is 0 Å². The number of nitrogens with one attached hydrogen (secondary N) is 1. The zero-order valence-electron chi connectivity index (χ0n) is 12.4. The van der Waals surface area contributed by atoms with Crippen molar-refractivity contribution in [1.29, 1.82) is 0 Å². The lowest BCUT2D eigenvalue weighted by atomic mass is 10.1. The first-order valence-corrected chi connectivity index (χ1v) is 9.21. The molecule has 0 spiro atoms. The SMILES string of the molecule is CC(C)(C)NCc1ccc(Sc2cccc(Br)c2)c(Br)c1. The van der Waals surface area contributed by atoms with Gasteiger partial charge in [0.25, 0.3) is 0 Å². The van der Waals surface area contributed by atoms with Crippen molar-refractivity contribution in [3.63, 3.8) is 0 Å². The molecule has 21 heavy (non-hydrogen) atoms. The third kappa shape index (κ3) is 5.78. The van der Waals surface area contributed by atoms with Crippen LogP contribution >= 0.6 is 43.6 Å². The molecule has 2 rings (SSSR count). The van der Waals surface area contributed by atoms with Crippen LogP contribution in [0.1, 0.15) is 26.3 Å². The highest BCUT2D eigenvalue weighted by Gasteiger charge is 2.09. The molecule has 1 N–H and O–H groups in total. The molecular formula is C17H19Br2NS. The van der Waals surface area contributed by atoms with Gasteiger partial charge in [0.05, 0.1) is 0 Å². The summed E-state index contributed by atoms with van der Waals surface area (Å²) in [5, 5.41) is 3.51. The maximum atomic E-state index is 3.68. The van der Waals surface area contributed by atoms with Crippen molar-refractivity contribution in [2.45, 2.75) is 42.6 Å². The van der Waals surface area contributed by atoms with Crippen molar-refractivity contribution in [2.75, 3.05) is 0 Å². The lowest BCUT2D eigenvalue weighted by molar-refractivity contribution is 0.424. The fourth-order valence-electron chi connectivity index (χ4n) is 1.76. The van der Waals surface area contributed by atoms with Gasteiger partial charge < -0.3 is 5.32 Å². The van der Waals surface area contributed by atoms with Crippen LogP contribution in [-0.2, 0) is 6.54 Å². The van der Waals surface area contributed by atoms with E-state index in [-0.39, 0.29) is 5.54 Å². The van der Waals surface area contributed by atoms with E-state index in [1.165, 1.54) is 15.4 Å². The van der Waals surface area contributed by atoms with E-state index >= 15 is 0 Å². The number of benzene rings is 2. The molecule has 0 aromatic heterocycles. The van der Waals surface area contributed by atoms with Crippen molar-refractivity contribution in [3.8, 4) is 0 Å². The van der Waals surface area contributed by atoms with Crippen LogP contribution in [0, 0.1) is 0 Å². The fraction of sp³-hybridized carbons (Fsp3) is 0.294. The zero-order chi connectivity index (χ0) is 15.5. The summed E-state index contributed by atoms with van der Waals surface area (Å²) in [4.78, 5) is 2.46. The first-order valence-electron chi connectivity index (χ1n) is 6.80. The molecule has 4 heteroatoms. The Bertz CT molecular complexity index is 620. The Morgan fingerprint density at radius 1 is 1.05 bits per heavy atom. The minimum Gasteiger partial charge on any atom is -0.308 e. The molecule has 0 radical (unpaired) electrons. The molecular weight excluding hydrogens is 410 g/mol. The number of halogens is 2. The Morgan fingerprint density at radius 3 is 2.43 bits per heavy atom. The molecule has 0 amide bonds. The Balaban J connectivity index is 2.09. The van der Waals surface area contributed by atoms with E-state index in [1.807, 2.05) is 6.07 Å². The molecule has 2 aromatic rings. The lowest BCUT2D eigenvalue weighted by Crippen LogP contribution is -2.35. The van der Waals surface area contributed by atoms with E-state index in [9.17, 15) is 0 Å². The predicted molar refractivity (Wildman–Crippen MR) is 99.0 cm³/mol. The third-order valence-corrected chi connectivity index (χ3v) is 5.32. The van der Waals surface area contributed by atoms with Gasteiger partial charge in [-0.3, -0.25) is 0 Å². The average Bonchev–Trinajstić information content (AvgIpc) is 2.38. The molecule has 1 nitrogen and oxygen atoms in total. The summed E-state index contributed by atoms with van der Waals surface area (Å²) in [6, 6.07) is 14.9. The van der Waals surface area contributed by atoms with Crippen molar-refractivity contribution in [2.24, 2.45) is 0 Å². The second kappa shape index (κ2) is 7.32. The molecule has 112 valence electrons. The van der Waals surface area contributed by atoms with Gasteiger partial charge in [0.2, 0.25) is 0 Å². The van der Waals surface area contributed by atoms with Crippen LogP contribution in [0.15, 0.2) is 61.2 Å². The maximum absolute atomic E-state index is 3.68. The summed E-state index contributed by atoms with van der Waals surface area (Å²) >= 11 is 8.96.